The Morgan fingerprint density at radius 3 is 2.24 bits per heavy atom. The molecule has 116 valence electrons. The number of hydrogen-bond acceptors (Lipinski definition) is 2. The Morgan fingerprint density at radius 1 is 1.29 bits per heavy atom. The van der Waals surface area contributed by atoms with E-state index >= 15 is 0 Å². The summed E-state index contributed by atoms with van der Waals surface area (Å²) in [5.41, 5.74) is -0.275. The van der Waals surface area contributed by atoms with Gasteiger partial charge in [0.2, 0.25) is 0 Å². The largest absolute Gasteiger partial charge is 0.413 e. The van der Waals surface area contributed by atoms with Gasteiger partial charge in [-0.3, -0.25) is 4.31 Å². The smallest absolute Gasteiger partial charge is 0.269 e. The lowest BCUT2D eigenvalue weighted by Crippen LogP contribution is -2.31. The van der Waals surface area contributed by atoms with E-state index in [1.54, 1.807) is 19.1 Å². The first-order valence-corrected chi connectivity index (χ1v) is 7.49. The molecule has 0 spiro atoms. The van der Waals surface area contributed by atoms with Crippen molar-refractivity contribution in [2.45, 2.75) is 24.9 Å². The highest BCUT2D eigenvalue weighted by atomic mass is 32.2. The maximum absolute atomic E-state index is 12.5. The molecule has 0 aliphatic rings. The number of benzene rings is 1. The first-order chi connectivity index (χ1) is 9.59. The van der Waals surface area contributed by atoms with E-state index in [1.165, 1.54) is 25.1 Å². The molecular weight excluding hydrogens is 303 g/mol. The van der Waals surface area contributed by atoms with Gasteiger partial charge in [0.15, 0.2) is 0 Å². The van der Waals surface area contributed by atoms with Crippen LogP contribution in [0.3, 0.4) is 0 Å². The minimum Gasteiger partial charge on any atom is -0.269 e. The fourth-order valence-electron chi connectivity index (χ4n) is 1.51. The molecule has 1 aromatic rings. The summed E-state index contributed by atoms with van der Waals surface area (Å²) in [5, 5.41) is 0. The third-order valence-electron chi connectivity index (χ3n) is 2.69. The molecule has 0 heterocycles. The van der Waals surface area contributed by atoms with Gasteiger partial charge in [-0.2, -0.15) is 13.2 Å². The topological polar surface area (TPSA) is 37.4 Å². The summed E-state index contributed by atoms with van der Waals surface area (Å²) >= 11 is 0. The SMILES string of the molecule is C=C(CN(/C=C/C)S(=O)(=O)c1ccc(C)cc1)C(F)(F)F. The molecule has 0 N–H and O–H groups in total. The van der Waals surface area contributed by atoms with Crippen LogP contribution < -0.4 is 0 Å². The van der Waals surface area contributed by atoms with Crippen LogP contribution >= 0.6 is 0 Å². The van der Waals surface area contributed by atoms with Gasteiger partial charge in [-0.25, -0.2) is 8.42 Å². The number of halogens is 3. The highest BCUT2D eigenvalue weighted by molar-refractivity contribution is 7.89. The number of sulfonamides is 1. The molecule has 0 saturated carbocycles. The second kappa shape index (κ2) is 6.34. The molecule has 1 aromatic carbocycles. The van der Waals surface area contributed by atoms with E-state index in [-0.39, 0.29) is 4.90 Å². The van der Waals surface area contributed by atoms with E-state index in [4.69, 9.17) is 0 Å². The molecule has 0 amide bonds. The number of alkyl halides is 3. The summed E-state index contributed by atoms with van der Waals surface area (Å²) < 4.78 is 63.0. The number of nitrogens with zero attached hydrogens (tertiary/aromatic N) is 1. The van der Waals surface area contributed by atoms with Crippen LogP contribution in [0.4, 0.5) is 13.2 Å². The molecule has 0 aromatic heterocycles. The van der Waals surface area contributed by atoms with Crippen molar-refractivity contribution in [2.75, 3.05) is 6.54 Å². The van der Waals surface area contributed by atoms with E-state index in [1.807, 2.05) is 0 Å². The molecule has 0 bridgehead atoms. The summed E-state index contributed by atoms with van der Waals surface area (Å²) in [5.74, 6) is 0. The van der Waals surface area contributed by atoms with Gasteiger partial charge in [-0.1, -0.05) is 30.4 Å². The summed E-state index contributed by atoms with van der Waals surface area (Å²) in [7, 11) is -4.05. The number of hydrogen-bond donors (Lipinski definition) is 0. The third kappa shape index (κ3) is 4.35. The fourth-order valence-corrected chi connectivity index (χ4v) is 2.87. The Labute approximate surface area is 122 Å². The van der Waals surface area contributed by atoms with Crippen LogP contribution in [0.2, 0.25) is 0 Å². The molecule has 0 radical (unpaired) electrons. The second-order valence-corrected chi connectivity index (χ2v) is 6.34. The van der Waals surface area contributed by atoms with Crippen molar-refractivity contribution in [3.8, 4) is 0 Å². The van der Waals surface area contributed by atoms with Crippen molar-refractivity contribution >= 4 is 10.0 Å². The first-order valence-electron chi connectivity index (χ1n) is 6.05. The summed E-state index contributed by atoms with van der Waals surface area (Å²) in [6.07, 6.45) is -2.19. The molecule has 1 rings (SSSR count). The first kappa shape index (κ1) is 17.3. The monoisotopic (exact) mass is 319 g/mol. The van der Waals surface area contributed by atoms with E-state index in [9.17, 15) is 21.6 Å². The summed E-state index contributed by atoms with van der Waals surface area (Å²) in [4.78, 5) is -0.0684. The Balaban J connectivity index is 3.15. The number of allylic oxidation sites excluding steroid dienone is 1. The van der Waals surface area contributed by atoms with Crippen LogP contribution in [0.25, 0.3) is 0 Å². The highest BCUT2D eigenvalue weighted by Crippen LogP contribution is 2.27. The zero-order valence-corrected chi connectivity index (χ0v) is 12.5. The predicted octanol–water partition coefficient (Wildman–Crippen LogP) is 3.64. The Morgan fingerprint density at radius 2 is 1.81 bits per heavy atom. The number of aryl methyl sites for hydroxylation is 1. The molecule has 21 heavy (non-hydrogen) atoms. The molecule has 7 heteroatoms. The fraction of sp³-hybridized carbons (Fsp3) is 0.286. The van der Waals surface area contributed by atoms with Crippen LogP contribution in [-0.4, -0.2) is 25.4 Å². The minimum absolute atomic E-state index is 0.0684. The molecule has 0 fully saturated rings. The molecule has 0 aliphatic carbocycles. The van der Waals surface area contributed by atoms with Gasteiger partial charge in [-0.05, 0) is 26.0 Å². The average Bonchev–Trinajstić information content (AvgIpc) is 2.37. The highest BCUT2D eigenvalue weighted by Gasteiger charge is 2.35. The van der Waals surface area contributed by atoms with Crippen molar-refractivity contribution < 1.29 is 21.6 Å². The maximum atomic E-state index is 12.5. The van der Waals surface area contributed by atoms with Crippen molar-refractivity contribution in [3.05, 3.63) is 54.3 Å². The number of rotatable bonds is 5. The molecular formula is C14H16F3NO2S. The second-order valence-electron chi connectivity index (χ2n) is 4.45. The van der Waals surface area contributed by atoms with Crippen molar-refractivity contribution in [1.29, 1.82) is 0 Å². The Kier molecular flexibility index (Phi) is 5.22. The zero-order chi connectivity index (χ0) is 16.3. The van der Waals surface area contributed by atoms with Crippen LogP contribution in [0, 0.1) is 6.92 Å². The summed E-state index contributed by atoms with van der Waals surface area (Å²) in [6, 6.07) is 5.88. The van der Waals surface area contributed by atoms with Crippen molar-refractivity contribution in [3.63, 3.8) is 0 Å². The molecule has 0 unspecified atom stereocenters. The molecule has 0 aliphatic heterocycles. The van der Waals surface area contributed by atoms with E-state index in [0.29, 0.717) is 4.31 Å². The third-order valence-corrected chi connectivity index (χ3v) is 4.43. The summed E-state index contributed by atoms with van der Waals surface area (Å²) in [6.45, 7) is 5.37. The lowest BCUT2D eigenvalue weighted by atomic mass is 10.2. The van der Waals surface area contributed by atoms with Gasteiger partial charge in [0.1, 0.15) is 0 Å². The lowest BCUT2D eigenvalue weighted by Gasteiger charge is -2.22. The van der Waals surface area contributed by atoms with Crippen molar-refractivity contribution in [2.24, 2.45) is 0 Å². The molecule has 0 saturated heterocycles. The van der Waals surface area contributed by atoms with Crippen LogP contribution in [0.15, 0.2) is 53.6 Å². The Bertz CT molecular complexity index is 631. The quantitative estimate of drug-likeness (QED) is 0.777. The maximum Gasteiger partial charge on any atom is 0.413 e. The standard InChI is InChI=1S/C14H16F3NO2S/c1-4-9-18(10-12(3)14(15,16)17)21(19,20)13-7-5-11(2)6-8-13/h4-9H,3,10H2,1-2H3/b9-4+. The predicted molar refractivity (Wildman–Crippen MR) is 75.1 cm³/mol. The lowest BCUT2D eigenvalue weighted by molar-refractivity contribution is -0.0933. The van der Waals surface area contributed by atoms with Crippen LogP contribution in [0.5, 0.6) is 0 Å². The van der Waals surface area contributed by atoms with Crippen LogP contribution in [-0.2, 0) is 10.0 Å². The van der Waals surface area contributed by atoms with Gasteiger partial charge in [-0.15, -0.1) is 0 Å². The average molecular weight is 319 g/mol. The minimum atomic E-state index is -4.64. The normalized spacial score (nSPS) is 12.6. The van der Waals surface area contributed by atoms with Gasteiger partial charge in [0, 0.05) is 11.8 Å². The van der Waals surface area contributed by atoms with Gasteiger partial charge in [0.05, 0.1) is 11.4 Å². The Hall–Kier alpha value is -1.76. The van der Waals surface area contributed by atoms with Crippen LogP contribution in [0.1, 0.15) is 12.5 Å². The van der Waals surface area contributed by atoms with Crippen molar-refractivity contribution in [1.82, 2.24) is 4.31 Å². The molecule has 0 atom stereocenters. The zero-order valence-electron chi connectivity index (χ0n) is 11.7. The van der Waals surface area contributed by atoms with E-state index < -0.39 is 28.3 Å². The van der Waals surface area contributed by atoms with Gasteiger partial charge >= 0.3 is 6.18 Å². The van der Waals surface area contributed by atoms with E-state index in [0.717, 1.165) is 11.8 Å². The van der Waals surface area contributed by atoms with E-state index in [2.05, 4.69) is 6.58 Å². The van der Waals surface area contributed by atoms with Gasteiger partial charge < -0.3 is 0 Å². The van der Waals surface area contributed by atoms with Gasteiger partial charge in [0.25, 0.3) is 10.0 Å². The molecule has 3 nitrogen and oxygen atoms in total.